The summed E-state index contributed by atoms with van der Waals surface area (Å²) in [5.74, 6) is 0.321. The molecule has 33 heavy (non-hydrogen) atoms. The van der Waals surface area contributed by atoms with Crippen molar-refractivity contribution in [3.63, 3.8) is 0 Å². The van der Waals surface area contributed by atoms with Crippen LogP contribution in [0.4, 0.5) is 0 Å². The van der Waals surface area contributed by atoms with Gasteiger partial charge in [0.2, 0.25) is 6.10 Å². The minimum atomic E-state index is -1.04. The summed E-state index contributed by atoms with van der Waals surface area (Å²) < 4.78 is 11.6. The number of nitrogens with zero attached hydrogens (tertiary/aromatic N) is 1. The molecule has 0 aliphatic heterocycles. The van der Waals surface area contributed by atoms with Gasteiger partial charge in [0.25, 0.3) is 0 Å². The average molecular weight is 476 g/mol. The fourth-order valence-corrected chi connectivity index (χ4v) is 5.15. The van der Waals surface area contributed by atoms with E-state index in [2.05, 4.69) is 6.07 Å². The summed E-state index contributed by atoms with van der Waals surface area (Å²) in [5.41, 5.74) is 0.560. The van der Waals surface area contributed by atoms with Gasteiger partial charge in [0.05, 0.1) is 5.92 Å². The zero-order chi connectivity index (χ0) is 23.4. The monoisotopic (exact) mass is 475 g/mol. The summed E-state index contributed by atoms with van der Waals surface area (Å²) in [4.78, 5) is 14.2. The largest absolute Gasteiger partial charge is 0.457 e. The van der Waals surface area contributed by atoms with Gasteiger partial charge in [0.15, 0.2) is 0 Å². The lowest BCUT2D eigenvalue weighted by molar-refractivity contribution is -0.149. The molecule has 0 aliphatic rings. The fourth-order valence-electron chi connectivity index (χ4n) is 3.69. The SMILES string of the molecule is CC(C)C(C(=O)OC(C#N)c1cccc(Oc2ccccc2)c1)c1scc2cc(Cl)ccc12. The highest BCUT2D eigenvalue weighted by molar-refractivity contribution is 7.11. The van der Waals surface area contributed by atoms with E-state index in [1.54, 1.807) is 24.3 Å². The summed E-state index contributed by atoms with van der Waals surface area (Å²) in [5, 5.41) is 14.4. The first kappa shape index (κ1) is 22.8. The maximum absolute atomic E-state index is 13.3. The second kappa shape index (κ2) is 10.1. The van der Waals surface area contributed by atoms with Gasteiger partial charge >= 0.3 is 5.97 Å². The van der Waals surface area contributed by atoms with Crippen molar-refractivity contribution in [2.75, 3.05) is 0 Å². The van der Waals surface area contributed by atoms with Gasteiger partial charge in [0.1, 0.15) is 17.6 Å². The molecule has 4 aromatic rings. The zero-order valence-electron chi connectivity index (χ0n) is 18.2. The third-order valence-corrected chi connectivity index (χ3v) is 6.62. The summed E-state index contributed by atoms with van der Waals surface area (Å²) in [6, 6.07) is 24.2. The lowest BCUT2D eigenvalue weighted by Gasteiger charge is -2.21. The lowest BCUT2D eigenvalue weighted by atomic mass is 9.92. The Morgan fingerprint density at radius 1 is 1.00 bits per heavy atom. The van der Waals surface area contributed by atoms with Crippen molar-refractivity contribution in [2.24, 2.45) is 5.92 Å². The van der Waals surface area contributed by atoms with Crippen molar-refractivity contribution in [2.45, 2.75) is 25.9 Å². The molecule has 2 atom stereocenters. The first-order valence-corrected chi connectivity index (χ1v) is 11.8. The molecule has 0 saturated heterocycles. The van der Waals surface area contributed by atoms with Gasteiger partial charge < -0.3 is 9.47 Å². The first-order valence-electron chi connectivity index (χ1n) is 10.6. The van der Waals surface area contributed by atoms with Crippen LogP contribution in [0.15, 0.2) is 78.2 Å². The summed E-state index contributed by atoms with van der Waals surface area (Å²) in [6.45, 7) is 3.95. The molecule has 4 rings (SSSR count). The van der Waals surface area contributed by atoms with E-state index in [9.17, 15) is 10.1 Å². The van der Waals surface area contributed by atoms with Crippen LogP contribution in [-0.2, 0) is 9.53 Å². The Morgan fingerprint density at radius 2 is 1.76 bits per heavy atom. The highest BCUT2D eigenvalue weighted by Crippen LogP contribution is 2.39. The molecule has 1 heterocycles. The first-order chi connectivity index (χ1) is 16.0. The Hall–Kier alpha value is -3.33. The van der Waals surface area contributed by atoms with Gasteiger partial charge in [-0.2, -0.15) is 5.26 Å². The normalized spacial score (nSPS) is 12.8. The van der Waals surface area contributed by atoms with Crippen LogP contribution in [0, 0.1) is 17.2 Å². The van der Waals surface area contributed by atoms with Crippen LogP contribution in [0.2, 0.25) is 5.02 Å². The van der Waals surface area contributed by atoms with E-state index in [4.69, 9.17) is 21.1 Å². The fraction of sp³-hybridized carbons (Fsp3) is 0.185. The molecule has 0 spiro atoms. The molecular weight excluding hydrogens is 454 g/mol. The van der Waals surface area contributed by atoms with Gasteiger partial charge in [-0.15, -0.1) is 11.3 Å². The number of carbonyl (C=O) groups excluding carboxylic acids is 1. The third kappa shape index (κ3) is 5.19. The van der Waals surface area contributed by atoms with Crippen LogP contribution < -0.4 is 4.74 Å². The summed E-state index contributed by atoms with van der Waals surface area (Å²) >= 11 is 7.63. The maximum atomic E-state index is 13.3. The summed E-state index contributed by atoms with van der Waals surface area (Å²) in [7, 11) is 0. The Bertz CT molecular complexity index is 1310. The highest BCUT2D eigenvalue weighted by atomic mass is 35.5. The number of hydrogen-bond donors (Lipinski definition) is 0. The number of nitriles is 1. The van der Waals surface area contributed by atoms with Gasteiger partial charge in [-0.1, -0.05) is 61.8 Å². The standard InChI is InChI=1S/C27H22ClNO3S/c1-17(2)25(26-23-12-11-20(28)13-19(23)16-33-26)27(30)32-24(15-29)18-7-6-10-22(14-18)31-21-8-4-3-5-9-21/h3-14,16-17,24-25H,1-2H3. The Kier molecular flexibility index (Phi) is 6.98. The van der Waals surface area contributed by atoms with Crippen LogP contribution in [0.25, 0.3) is 10.8 Å². The van der Waals surface area contributed by atoms with Crippen molar-refractivity contribution >= 4 is 39.7 Å². The number of para-hydroxylation sites is 1. The minimum absolute atomic E-state index is 0.0119. The molecular formula is C27H22ClNO3S. The zero-order valence-corrected chi connectivity index (χ0v) is 19.8. The van der Waals surface area contributed by atoms with E-state index in [0.717, 1.165) is 15.6 Å². The molecule has 0 fully saturated rings. The second-order valence-electron chi connectivity index (χ2n) is 7.99. The van der Waals surface area contributed by atoms with Crippen LogP contribution in [-0.4, -0.2) is 5.97 Å². The molecule has 0 radical (unpaired) electrons. The second-order valence-corrected chi connectivity index (χ2v) is 9.33. The molecule has 2 unspecified atom stereocenters. The van der Waals surface area contributed by atoms with Gasteiger partial charge in [-0.25, -0.2) is 0 Å². The van der Waals surface area contributed by atoms with E-state index in [-0.39, 0.29) is 5.92 Å². The molecule has 1 aromatic heterocycles. The maximum Gasteiger partial charge on any atom is 0.316 e. The number of hydrogen-bond acceptors (Lipinski definition) is 5. The molecule has 0 amide bonds. The van der Waals surface area contributed by atoms with Crippen LogP contribution >= 0.6 is 22.9 Å². The van der Waals surface area contributed by atoms with Crippen molar-refractivity contribution in [1.29, 1.82) is 5.26 Å². The Balaban J connectivity index is 1.57. The molecule has 166 valence electrons. The van der Waals surface area contributed by atoms with Crippen LogP contribution in [0.3, 0.4) is 0 Å². The van der Waals surface area contributed by atoms with Crippen molar-refractivity contribution < 1.29 is 14.3 Å². The molecule has 0 saturated carbocycles. The quantitative estimate of drug-likeness (QED) is 0.255. The summed E-state index contributed by atoms with van der Waals surface area (Å²) in [6.07, 6.45) is -1.04. The predicted molar refractivity (Wildman–Crippen MR) is 132 cm³/mol. The number of rotatable bonds is 7. The number of thiophene rings is 1. The predicted octanol–water partition coefficient (Wildman–Crippen LogP) is 7.89. The van der Waals surface area contributed by atoms with Crippen molar-refractivity contribution in [1.82, 2.24) is 0 Å². The molecule has 6 heteroatoms. The Morgan fingerprint density at radius 3 is 2.48 bits per heavy atom. The smallest absolute Gasteiger partial charge is 0.316 e. The number of carbonyl (C=O) groups is 1. The molecule has 0 bridgehead atoms. The van der Waals surface area contributed by atoms with Gasteiger partial charge in [-0.3, -0.25) is 4.79 Å². The van der Waals surface area contributed by atoms with Crippen molar-refractivity contribution in [3.05, 3.63) is 93.6 Å². The number of benzene rings is 3. The van der Waals surface area contributed by atoms with E-state index >= 15 is 0 Å². The molecule has 0 aliphatic carbocycles. The number of esters is 1. The van der Waals surface area contributed by atoms with Crippen LogP contribution in [0.5, 0.6) is 11.5 Å². The van der Waals surface area contributed by atoms with E-state index < -0.39 is 18.0 Å². The van der Waals surface area contributed by atoms with Gasteiger partial charge in [0, 0.05) is 15.5 Å². The van der Waals surface area contributed by atoms with Crippen LogP contribution in [0.1, 0.15) is 36.3 Å². The highest BCUT2D eigenvalue weighted by Gasteiger charge is 2.31. The average Bonchev–Trinajstić information content (AvgIpc) is 3.20. The third-order valence-electron chi connectivity index (χ3n) is 5.29. The molecule has 3 aromatic carbocycles. The van der Waals surface area contributed by atoms with E-state index in [0.29, 0.717) is 22.1 Å². The van der Waals surface area contributed by atoms with Crippen molar-refractivity contribution in [3.8, 4) is 17.6 Å². The number of ether oxygens (including phenoxy) is 2. The topological polar surface area (TPSA) is 59.3 Å². The lowest BCUT2D eigenvalue weighted by Crippen LogP contribution is -2.22. The van der Waals surface area contributed by atoms with E-state index in [1.165, 1.54) is 11.3 Å². The minimum Gasteiger partial charge on any atom is -0.457 e. The van der Waals surface area contributed by atoms with Gasteiger partial charge in [-0.05, 0) is 58.5 Å². The van der Waals surface area contributed by atoms with E-state index in [1.807, 2.05) is 67.8 Å². The number of fused-ring (bicyclic) bond motifs is 1. The molecule has 0 N–H and O–H groups in total. The Labute approximate surface area is 202 Å². The number of halogens is 1. The molecule has 4 nitrogen and oxygen atoms in total.